The molecule has 0 atom stereocenters. The fraction of sp³-hybridized carbons (Fsp3) is 0.300. The van der Waals surface area contributed by atoms with Crippen LogP contribution in [-0.4, -0.2) is 15.0 Å². The maximum absolute atomic E-state index is 4.23. The lowest BCUT2D eigenvalue weighted by Gasteiger charge is -2.01. The van der Waals surface area contributed by atoms with Crippen molar-refractivity contribution in [1.82, 2.24) is 15.0 Å². The number of aromatic nitrogens is 3. The zero-order valence-corrected chi connectivity index (χ0v) is 7.78. The van der Waals surface area contributed by atoms with E-state index in [2.05, 4.69) is 21.9 Å². The van der Waals surface area contributed by atoms with Gasteiger partial charge in [0.1, 0.15) is 6.33 Å². The molecule has 0 aliphatic carbocycles. The average molecular weight is 173 g/mol. The molecule has 3 nitrogen and oxygen atoms in total. The van der Waals surface area contributed by atoms with Gasteiger partial charge in [0.05, 0.1) is 17.4 Å². The third kappa shape index (κ3) is 1.37. The first-order valence-corrected chi connectivity index (χ1v) is 4.37. The van der Waals surface area contributed by atoms with Crippen LogP contribution in [0.25, 0.3) is 10.9 Å². The van der Waals surface area contributed by atoms with Gasteiger partial charge in [-0.05, 0) is 19.4 Å². The van der Waals surface area contributed by atoms with Crippen LogP contribution in [0.2, 0.25) is 0 Å². The van der Waals surface area contributed by atoms with Crippen LogP contribution in [0.15, 0.2) is 18.6 Å². The van der Waals surface area contributed by atoms with Gasteiger partial charge in [-0.2, -0.15) is 0 Å². The lowest BCUT2D eigenvalue weighted by molar-refractivity contribution is 1.02. The van der Waals surface area contributed by atoms with Crippen molar-refractivity contribution in [3.05, 3.63) is 30.0 Å². The minimum Gasteiger partial charge on any atom is -0.259 e. The van der Waals surface area contributed by atoms with Crippen LogP contribution in [0.3, 0.4) is 0 Å². The van der Waals surface area contributed by atoms with E-state index in [4.69, 9.17) is 0 Å². The van der Waals surface area contributed by atoms with E-state index in [9.17, 15) is 0 Å². The predicted octanol–water partition coefficient (Wildman–Crippen LogP) is 1.90. The smallest absolute Gasteiger partial charge is 0.116 e. The summed E-state index contributed by atoms with van der Waals surface area (Å²) < 4.78 is 0. The van der Waals surface area contributed by atoms with Gasteiger partial charge in [-0.25, -0.2) is 9.97 Å². The SMILES string of the molecule is CCc1ncnc2cnc(C)cc12. The third-order valence-corrected chi connectivity index (χ3v) is 2.08. The van der Waals surface area contributed by atoms with Gasteiger partial charge in [0.15, 0.2) is 0 Å². The molecule has 0 saturated carbocycles. The first-order chi connectivity index (χ1) is 6.31. The lowest BCUT2D eigenvalue weighted by atomic mass is 10.2. The topological polar surface area (TPSA) is 38.7 Å². The number of aryl methyl sites for hydroxylation is 2. The van der Waals surface area contributed by atoms with Crippen molar-refractivity contribution in [2.45, 2.75) is 20.3 Å². The molecule has 0 unspecified atom stereocenters. The number of fused-ring (bicyclic) bond motifs is 1. The van der Waals surface area contributed by atoms with E-state index in [1.165, 1.54) is 0 Å². The zero-order valence-electron chi connectivity index (χ0n) is 7.78. The predicted molar refractivity (Wildman–Crippen MR) is 51.4 cm³/mol. The Morgan fingerprint density at radius 2 is 2.08 bits per heavy atom. The number of rotatable bonds is 1. The van der Waals surface area contributed by atoms with E-state index in [1.807, 2.05) is 13.0 Å². The van der Waals surface area contributed by atoms with E-state index in [0.717, 1.165) is 28.7 Å². The monoisotopic (exact) mass is 173 g/mol. The maximum Gasteiger partial charge on any atom is 0.116 e. The lowest BCUT2D eigenvalue weighted by Crippen LogP contribution is -1.93. The van der Waals surface area contributed by atoms with Gasteiger partial charge < -0.3 is 0 Å². The van der Waals surface area contributed by atoms with Crippen molar-refractivity contribution in [2.24, 2.45) is 0 Å². The molecule has 0 saturated heterocycles. The van der Waals surface area contributed by atoms with Crippen molar-refractivity contribution in [1.29, 1.82) is 0 Å². The van der Waals surface area contributed by atoms with Gasteiger partial charge in [0, 0.05) is 11.1 Å². The van der Waals surface area contributed by atoms with Crippen LogP contribution in [0.1, 0.15) is 18.3 Å². The van der Waals surface area contributed by atoms with Crippen LogP contribution < -0.4 is 0 Å². The molecular weight excluding hydrogens is 162 g/mol. The Balaban J connectivity index is 2.79. The summed E-state index contributed by atoms with van der Waals surface area (Å²) in [6.07, 6.45) is 4.33. The Hall–Kier alpha value is -1.51. The molecule has 13 heavy (non-hydrogen) atoms. The fourth-order valence-electron chi connectivity index (χ4n) is 1.40. The van der Waals surface area contributed by atoms with E-state index in [-0.39, 0.29) is 0 Å². The highest BCUT2D eigenvalue weighted by Gasteiger charge is 2.01. The van der Waals surface area contributed by atoms with Crippen molar-refractivity contribution in [3.8, 4) is 0 Å². The van der Waals surface area contributed by atoms with Crippen molar-refractivity contribution in [3.63, 3.8) is 0 Å². The molecule has 0 aliphatic heterocycles. The molecule has 2 heterocycles. The zero-order chi connectivity index (χ0) is 9.26. The third-order valence-electron chi connectivity index (χ3n) is 2.08. The molecule has 0 spiro atoms. The summed E-state index contributed by atoms with van der Waals surface area (Å²) in [5.41, 5.74) is 3.03. The van der Waals surface area contributed by atoms with Crippen molar-refractivity contribution < 1.29 is 0 Å². The molecular formula is C10H11N3. The molecule has 0 fully saturated rings. The molecule has 0 bridgehead atoms. The van der Waals surface area contributed by atoms with Gasteiger partial charge in [0.25, 0.3) is 0 Å². The second kappa shape index (κ2) is 3.09. The van der Waals surface area contributed by atoms with E-state index < -0.39 is 0 Å². The van der Waals surface area contributed by atoms with Crippen molar-refractivity contribution >= 4 is 10.9 Å². The van der Waals surface area contributed by atoms with Gasteiger partial charge >= 0.3 is 0 Å². The van der Waals surface area contributed by atoms with E-state index in [1.54, 1.807) is 12.5 Å². The summed E-state index contributed by atoms with van der Waals surface area (Å²) in [7, 11) is 0. The molecule has 2 aromatic heterocycles. The molecule has 0 amide bonds. The maximum atomic E-state index is 4.23. The Labute approximate surface area is 76.9 Å². The number of hydrogen-bond donors (Lipinski definition) is 0. The largest absolute Gasteiger partial charge is 0.259 e. The molecule has 0 N–H and O–H groups in total. The molecule has 0 aliphatic rings. The molecule has 2 aromatic rings. The van der Waals surface area contributed by atoms with Crippen LogP contribution in [0.4, 0.5) is 0 Å². The first kappa shape index (κ1) is 8.10. The summed E-state index contributed by atoms with van der Waals surface area (Å²) in [6.45, 7) is 4.07. The highest BCUT2D eigenvalue weighted by molar-refractivity contribution is 5.80. The Morgan fingerprint density at radius 3 is 2.85 bits per heavy atom. The Bertz CT molecular complexity index is 437. The molecule has 2 rings (SSSR count). The second-order valence-corrected chi connectivity index (χ2v) is 3.02. The summed E-state index contributed by atoms with van der Waals surface area (Å²) in [5, 5.41) is 1.12. The van der Waals surface area contributed by atoms with E-state index >= 15 is 0 Å². The quantitative estimate of drug-likeness (QED) is 0.661. The summed E-state index contributed by atoms with van der Waals surface area (Å²) >= 11 is 0. The van der Waals surface area contributed by atoms with Crippen LogP contribution in [0.5, 0.6) is 0 Å². The molecule has 0 aromatic carbocycles. The van der Waals surface area contributed by atoms with Gasteiger partial charge in [-0.15, -0.1) is 0 Å². The van der Waals surface area contributed by atoms with Gasteiger partial charge in [-0.3, -0.25) is 4.98 Å². The molecule has 3 heteroatoms. The standard InChI is InChI=1S/C10H11N3/c1-3-9-8-4-7(2)11-5-10(8)13-6-12-9/h4-6H,3H2,1-2H3. The van der Waals surface area contributed by atoms with E-state index in [0.29, 0.717) is 0 Å². The summed E-state index contributed by atoms with van der Waals surface area (Å²) in [6, 6.07) is 2.04. The second-order valence-electron chi connectivity index (χ2n) is 3.02. The summed E-state index contributed by atoms with van der Waals surface area (Å²) in [5.74, 6) is 0. The number of pyridine rings is 1. The highest BCUT2D eigenvalue weighted by atomic mass is 14.8. The van der Waals surface area contributed by atoms with Gasteiger partial charge in [-0.1, -0.05) is 6.92 Å². The van der Waals surface area contributed by atoms with Crippen LogP contribution in [-0.2, 0) is 6.42 Å². The molecule has 0 radical (unpaired) electrons. The molecule has 66 valence electrons. The highest BCUT2D eigenvalue weighted by Crippen LogP contribution is 2.14. The Morgan fingerprint density at radius 1 is 1.23 bits per heavy atom. The normalized spacial score (nSPS) is 10.6. The minimum atomic E-state index is 0.928. The Kier molecular flexibility index (Phi) is 1.93. The van der Waals surface area contributed by atoms with Crippen LogP contribution >= 0.6 is 0 Å². The summed E-state index contributed by atoms with van der Waals surface area (Å²) in [4.78, 5) is 12.6. The van der Waals surface area contributed by atoms with Crippen molar-refractivity contribution in [2.75, 3.05) is 0 Å². The minimum absolute atomic E-state index is 0.928. The number of nitrogens with zero attached hydrogens (tertiary/aromatic N) is 3. The average Bonchev–Trinajstić information content (AvgIpc) is 2.17. The number of hydrogen-bond acceptors (Lipinski definition) is 3. The first-order valence-electron chi connectivity index (χ1n) is 4.37. The van der Waals surface area contributed by atoms with Crippen LogP contribution in [0, 0.1) is 6.92 Å². The fourth-order valence-corrected chi connectivity index (χ4v) is 1.40. The van der Waals surface area contributed by atoms with Gasteiger partial charge in [0.2, 0.25) is 0 Å².